The minimum absolute atomic E-state index is 0.518. The molecule has 0 aliphatic heterocycles. The largest absolute Gasteiger partial charge is 0.477 e. The van der Waals surface area contributed by atoms with Gasteiger partial charge in [0.1, 0.15) is 5.70 Å². The van der Waals surface area contributed by atoms with Gasteiger partial charge in [-0.05, 0) is 19.3 Å². The van der Waals surface area contributed by atoms with Crippen molar-refractivity contribution in [3.05, 3.63) is 11.8 Å². The number of hydrogen-bond donors (Lipinski definition) is 1. The lowest BCUT2D eigenvalue weighted by molar-refractivity contribution is -0.134. The number of carbonyl (C=O) groups is 1. The van der Waals surface area contributed by atoms with Crippen LogP contribution in [0, 0.1) is 0 Å². The number of hydrogen-bond acceptors (Lipinski definition) is 2. The van der Waals surface area contributed by atoms with Crippen molar-refractivity contribution in [2.24, 2.45) is 0 Å². The van der Waals surface area contributed by atoms with Crippen LogP contribution in [0.2, 0.25) is 0 Å². The van der Waals surface area contributed by atoms with Gasteiger partial charge in [0.15, 0.2) is 0 Å². The summed E-state index contributed by atoms with van der Waals surface area (Å²) >= 11 is 0. The van der Waals surface area contributed by atoms with Gasteiger partial charge in [-0.15, -0.1) is 0 Å². The summed E-state index contributed by atoms with van der Waals surface area (Å²) in [5.41, 5.74) is 0.518. The Morgan fingerprint density at radius 2 is 1.38 bits per heavy atom. The van der Waals surface area contributed by atoms with Crippen molar-refractivity contribution >= 4 is 5.97 Å². The Morgan fingerprint density at radius 1 is 0.857 bits per heavy atom. The summed E-state index contributed by atoms with van der Waals surface area (Å²) in [7, 11) is 0. The Balaban J connectivity index is 4.52. The standard InChI is InChI=1S/C18H35NO2/c1-4-7-10-12-15-19(16-13-11-8-5-2)17(18(20)21)14-9-6-3/h14H,4-13,15-16H2,1-3H3,(H,20,21)/b17-14+. The highest BCUT2D eigenvalue weighted by Gasteiger charge is 2.15. The van der Waals surface area contributed by atoms with Crippen LogP contribution >= 0.6 is 0 Å². The van der Waals surface area contributed by atoms with Gasteiger partial charge < -0.3 is 10.0 Å². The zero-order chi connectivity index (χ0) is 15.9. The molecule has 0 unspecified atom stereocenters. The van der Waals surface area contributed by atoms with Crippen LogP contribution < -0.4 is 0 Å². The van der Waals surface area contributed by atoms with Gasteiger partial charge in [0.2, 0.25) is 0 Å². The van der Waals surface area contributed by atoms with E-state index in [2.05, 4.69) is 25.7 Å². The van der Waals surface area contributed by atoms with E-state index in [0.29, 0.717) is 5.70 Å². The van der Waals surface area contributed by atoms with E-state index >= 15 is 0 Å². The predicted molar refractivity (Wildman–Crippen MR) is 90.5 cm³/mol. The van der Waals surface area contributed by atoms with Gasteiger partial charge in [0.25, 0.3) is 0 Å². The third kappa shape index (κ3) is 10.4. The minimum Gasteiger partial charge on any atom is -0.477 e. The summed E-state index contributed by atoms with van der Waals surface area (Å²) in [6.07, 6.45) is 13.2. The lowest BCUT2D eigenvalue weighted by Crippen LogP contribution is -2.30. The fraction of sp³-hybridized carbons (Fsp3) is 0.833. The normalized spacial score (nSPS) is 11.7. The highest BCUT2D eigenvalue weighted by atomic mass is 16.4. The van der Waals surface area contributed by atoms with Crippen molar-refractivity contribution in [1.29, 1.82) is 0 Å². The third-order valence-electron chi connectivity index (χ3n) is 3.75. The zero-order valence-electron chi connectivity index (χ0n) is 14.4. The molecule has 0 spiro atoms. The lowest BCUT2D eigenvalue weighted by atomic mass is 10.1. The van der Waals surface area contributed by atoms with Crippen molar-refractivity contribution in [2.75, 3.05) is 13.1 Å². The van der Waals surface area contributed by atoms with Crippen LogP contribution in [0.15, 0.2) is 11.8 Å². The molecule has 0 atom stereocenters. The molecule has 0 fully saturated rings. The van der Waals surface area contributed by atoms with E-state index < -0.39 is 5.97 Å². The second-order valence-electron chi connectivity index (χ2n) is 5.79. The third-order valence-corrected chi connectivity index (χ3v) is 3.75. The van der Waals surface area contributed by atoms with Crippen LogP contribution in [0.25, 0.3) is 0 Å². The van der Waals surface area contributed by atoms with Crippen LogP contribution in [0.3, 0.4) is 0 Å². The quantitative estimate of drug-likeness (QED) is 0.353. The lowest BCUT2D eigenvalue weighted by Gasteiger charge is -2.25. The van der Waals surface area contributed by atoms with E-state index in [9.17, 15) is 9.90 Å². The number of carboxylic acids is 1. The molecule has 3 nitrogen and oxygen atoms in total. The minimum atomic E-state index is -0.769. The topological polar surface area (TPSA) is 40.5 Å². The van der Waals surface area contributed by atoms with Crippen molar-refractivity contribution < 1.29 is 9.90 Å². The van der Waals surface area contributed by atoms with E-state index in [0.717, 1.165) is 38.8 Å². The number of rotatable bonds is 14. The maximum atomic E-state index is 11.5. The second kappa shape index (κ2) is 14.0. The Bertz CT molecular complexity index is 275. The average molecular weight is 297 g/mol. The van der Waals surface area contributed by atoms with Crippen molar-refractivity contribution in [2.45, 2.75) is 85.0 Å². The molecule has 124 valence electrons. The maximum absolute atomic E-state index is 11.5. The van der Waals surface area contributed by atoms with E-state index in [4.69, 9.17) is 0 Å². The highest BCUT2D eigenvalue weighted by Crippen LogP contribution is 2.13. The molecule has 0 saturated heterocycles. The molecular formula is C18H35NO2. The summed E-state index contributed by atoms with van der Waals surface area (Å²) in [4.78, 5) is 13.6. The van der Waals surface area contributed by atoms with Crippen LogP contribution in [-0.2, 0) is 4.79 Å². The molecule has 0 aromatic rings. The second-order valence-corrected chi connectivity index (χ2v) is 5.79. The number of carboxylic acid groups (broad SMARTS) is 1. The Labute approximate surface area is 131 Å². The van der Waals surface area contributed by atoms with Crippen LogP contribution in [0.4, 0.5) is 0 Å². The number of nitrogens with zero attached hydrogens (tertiary/aromatic N) is 1. The van der Waals surface area contributed by atoms with Gasteiger partial charge in [0, 0.05) is 13.1 Å². The van der Waals surface area contributed by atoms with Crippen LogP contribution in [0.1, 0.15) is 85.0 Å². The summed E-state index contributed by atoms with van der Waals surface area (Å²) in [6, 6.07) is 0. The van der Waals surface area contributed by atoms with Crippen molar-refractivity contribution in [3.8, 4) is 0 Å². The first-order valence-electron chi connectivity index (χ1n) is 8.85. The average Bonchev–Trinajstić information content (AvgIpc) is 2.47. The summed E-state index contributed by atoms with van der Waals surface area (Å²) in [6.45, 7) is 8.25. The van der Waals surface area contributed by atoms with E-state index in [1.54, 1.807) is 0 Å². The molecule has 3 heteroatoms. The fourth-order valence-electron chi connectivity index (χ4n) is 2.44. The Morgan fingerprint density at radius 3 is 1.76 bits per heavy atom. The molecule has 21 heavy (non-hydrogen) atoms. The van der Waals surface area contributed by atoms with E-state index in [1.165, 1.54) is 38.5 Å². The summed E-state index contributed by atoms with van der Waals surface area (Å²) < 4.78 is 0. The number of allylic oxidation sites excluding steroid dienone is 1. The maximum Gasteiger partial charge on any atom is 0.351 e. The first kappa shape index (κ1) is 20.0. The van der Waals surface area contributed by atoms with Gasteiger partial charge in [-0.2, -0.15) is 0 Å². The number of unbranched alkanes of at least 4 members (excludes halogenated alkanes) is 7. The van der Waals surface area contributed by atoms with Crippen LogP contribution in [0.5, 0.6) is 0 Å². The van der Waals surface area contributed by atoms with Crippen molar-refractivity contribution in [1.82, 2.24) is 4.90 Å². The molecule has 0 aromatic heterocycles. The van der Waals surface area contributed by atoms with Gasteiger partial charge in [-0.3, -0.25) is 0 Å². The molecule has 0 amide bonds. The SMILES string of the molecule is CCC/C=C(\C(=O)O)N(CCCCCC)CCCCCC. The fourth-order valence-corrected chi connectivity index (χ4v) is 2.44. The molecule has 0 aliphatic rings. The first-order valence-corrected chi connectivity index (χ1v) is 8.85. The Hall–Kier alpha value is -0.990. The van der Waals surface area contributed by atoms with Crippen LogP contribution in [-0.4, -0.2) is 29.1 Å². The highest BCUT2D eigenvalue weighted by molar-refractivity contribution is 5.85. The smallest absolute Gasteiger partial charge is 0.351 e. The Kier molecular flexibility index (Phi) is 13.3. The molecule has 0 saturated carbocycles. The van der Waals surface area contributed by atoms with Crippen molar-refractivity contribution in [3.63, 3.8) is 0 Å². The van der Waals surface area contributed by atoms with E-state index in [-0.39, 0.29) is 0 Å². The van der Waals surface area contributed by atoms with E-state index in [1.807, 2.05) is 6.08 Å². The molecule has 0 heterocycles. The molecule has 1 N–H and O–H groups in total. The molecule has 0 rings (SSSR count). The molecule has 0 radical (unpaired) electrons. The van der Waals surface area contributed by atoms with Gasteiger partial charge >= 0.3 is 5.97 Å². The zero-order valence-corrected chi connectivity index (χ0v) is 14.4. The van der Waals surface area contributed by atoms with Gasteiger partial charge in [0.05, 0.1) is 0 Å². The number of aliphatic carboxylic acids is 1. The molecule has 0 aliphatic carbocycles. The predicted octanol–water partition coefficient (Wildman–Crippen LogP) is 5.22. The van der Waals surface area contributed by atoms with Gasteiger partial charge in [-0.25, -0.2) is 4.79 Å². The molecular weight excluding hydrogens is 262 g/mol. The molecule has 0 bridgehead atoms. The first-order chi connectivity index (χ1) is 10.2. The summed E-state index contributed by atoms with van der Waals surface area (Å²) in [5.74, 6) is -0.769. The monoisotopic (exact) mass is 297 g/mol. The van der Waals surface area contributed by atoms with Gasteiger partial charge in [-0.1, -0.05) is 71.8 Å². The molecule has 0 aromatic carbocycles. The summed E-state index contributed by atoms with van der Waals surface area (Å²) in [5, 5.41) is 9.47.